The maximum atomic E-state index is 15.7. The summed E-state index contributed by atoms with van der Waals surface area (Å²) in [7, 11) is -3.17. The molecule has 0 aliphatic carbocycles. The van der Waals surface area contributed by atoms with Crippen LogP contribution in [-0.2, 0) is 4.57 Å². The Kier molecular flexibility index (Phi) is 6.74. The minimum Gasteiger partial charge on any atom is -0.309 e. The normalized spacial score (nSPS) is 14.8. The fourth-order valence-corrected chi connectivity index (χ4v) is 11.0. The van der Waals surface area contributed by atoms with Crippen LogP contribution in [0.1, 0.15) is 0 Å². The van der Waals surface area contributed by atoms with E-state index in [-0.39, 0.29) is 0 Å². The Labute approximate surface area is 295 Å². The number of rotatable bonds is 5. The van der Waals surface area contributed by atoms with E-state index in [0.29, 0.717) is 5.82 Å². The second kappa shape index (κ2) is 11.6. The molecular weight excluding hydrogens is 642 g/mol. The molecule has 0 fully saturated rings. The Bertz CT molecular complexity index is 2750. The van der Waals surface area contributed by atoms with Crippen LogP contribution in [0.25, 0.3) is 72.5 Å². The van der Waals surface area contributed by atoms with E-state index >= 15 is 4.57 Å². The van der Waals surface area contributed by atoms with Crippen molar-refractivity contribution >= 4 is 44.9 Å². The minimum absolute atomic E-state index is 0.691. The van der Waals surface area contributed by atoms with Crippen molar-refractivity contribution < 1.29 is 4.57 Å². The van der Waals surface area contributed by atoms with E-state index in [1.54, 1.807) is 0 Å². The van der Waals surface area contributed by atoms with Gasteiger partial charge in [-0.1, -0.05) is 152 Å². The van der Waals surface area contributed by atoms with E-state index in [1.807, 2.05) is 97.1 Å². The summed E-state index contributed by atoms with van der Waals surface area (Å²) in [5.74, 6) is 0.691. The van der Waals surface area contributed by atoms with Crippen molar-refractivity contribution in [2.45, 2.75) is 0 Å². The van der Waals surface area contributed by atoms with Gasteiger partial charge < -0.3 is 9.13 Å². The SMILES string of the molecule is O=P1(c2ccccc2)c2ccccc2-c2ccc3c(c21)c1ccccc1n3-c1ccc(-c2cc(-c3ccccc3)nc(-c3ccccc3)n2)cc1. The Balaban J connectivity index is 1.16. The second-order valence-corrected chi connectivity index (χ2v) is 15.6. The van der Waals surface area contributed by atoms with Crippen molar-refractivity contribution in [1.29, 1.82) is 0 Å². The molecule has 1 aliphatic rings. The van der Waals surface area contributed by atoms with Crippen LogP contribution in [0.5, 0.6) is 0 Å². The van der Waals surface area contributed by atoms with Gasteiger partial charge in [-0.05, 0) is 41.5 Å². The summed E-state index contributed by atoms with van der Waals surface area (Å²) < 4.78 is 18.0. The highest BCUT2D eigenvalue weighted by molar-refractivity contribution is 7.86. The zero-order chi connectivity index (χ0) is 33.9. The molecule has 1 atom stereocenters. The van der Waals surface area contributed by atoms with Crippen molar-refractivity contribution in [2.75, 3.05) is 0 Å². The topological polar surface area (TPSA) is 47.8 Å². The highest BCUT2D eigenvalue weighted by Gasteiger charge is 2.42. The molecule has 2 aromatic heterocycles. The Morgan fingerprint density at radius 2 is 1.06 bits per heavy atom. The molecule has 10 rings (SSSR count). The third-order valence-electron chi connectivity index (χ3n) is 10.0. The lowest BCUT2D eigenvalue weighted by atomic mass is 10.0. The highest BCUT2D eigenvalue weighted by Crippen LogP contribution is 2.55. The van der Waals surface area contributed by atoms with Gasteiger partial charge in [0.25, 0.3) is 0 Å². The monoisotopic (exact) mass is 671 g/mol. The first-order chi connectivity index (χ1) is 25.2. The van der Waals surface area contributed by atoms with Crippen molar-refractivity contribution in [3.05, 3.63) is 182 Å². The summed E-state index contributed by atoms with van der Waals surface area (Å²) in [6.07, 6.45) is 0. The van der Waals surface area contributed by atoms with Gasteiger partial charge in [-0.25, -0.2) is 9.97 Å². The third-order valence-corrected chi connectivity index (χ3v) is 13.2. The lowest BCUT2D eigenvalue weighted by Gasteiger charge is -2.17. The summed E-state index contributed by atoms with van der Waals surface area (Å²) in [6, 6.07) is 62.1. The first kappa shape index (κ1) is 29.6. The molecule has 9 aromatic rings. The van der Waals surface area contributed by atoms with Crippen LogP contribution >= 0.6 is 7.14 Å². The molecule has 0 saturated heterocycles. The number of aromatic nitrogens is 3. The predicted octanol–water partition coefficient (Wildman–Crippen LogP) is 10.2. The fraction of sp³-hybridized carbons (Fsp3) is 0. The Morgan fingerprint density at radius 3 is 1.78 bits per heavy atom. The number of hydrogen-bond donors (Lipinski definition) is 0. The quantitative estimate of drug-likeness (QED) is 0.171. The van der Waals surface area contributed by atoms with Gasteiger partial charge in [0.05, 0.1) is 22.4 Å². The molecule has 0 bridgehead atoms. The average Bonchev–Trinajstić information content (AvgIpc) is 3.69. The van der Waals surface area contributed by atoms with E-state index in [0.717, 1.165) is 82.6 Å². The molecule has 3 heterocycles. The van der Waals surface area contributed by atoms with Crippen LogP contribution in [-0.4, -0.2) is 14.5 Å². The molecule has 0 saturated carbocycles. The predicted molar refractivity (Wildman–Crippen MR) is 211 cm³/mol. The van der Waals surface area contributed by atoms with E-state index in [2.05, 4.69) is 89.5 Å². The zero-order valence-electron chi connectivity index (χ0n) is 27.5. The second-order valence-electron chi connectivity index (χ2n) is 12.9. The van der Waals surface area contributed by atoms with E-state index in [4.69, 9.17) is 9.97 Å². The maximum Gasteiger partial charge on any atom is 0.172 e. The van der Waals surface area contributed by atoms with Crippen molar-refractivity contribution in [3.8, 4) is 50.7 Å². The summed E-state index contributed by atoms with van der Waals surface area (Å²) >= 11 is 0. The standard InChI is InChI=1S/C46H30N3OP/c50-51(35-18-8-3-9-19-35)43-23-13-11-20-36(43)37-28-29-42-44(45(37)51)38-21-10-12-22-41(38)49(42)34-26-24-32(25-27-34)40-30-39(31-14-4-1-5-15-31)47-46(48-40)33-16-6-2-7-17-33/h1-30H. The van der Waals surface area contributed by atoms with Crippen LogP contribution in [0, 0.1) is 0 Å². The molecule has 0 N–H and O–H groups in total. The van der Waals surface area contributed by atoms with Crippen molar-refractivity contribution in [1.82, 2.24) is 14.5 Å². The molecule has 7 aromatic carbocycles. The smallest absolute Gasteiger partial charge is 0.172 e. The van der Waals surface area contributed by atoms with Crippen molar-refractivity contribution in [2.24, 2.45) is 0 Å². The molecule has 51 heavy (non-hydrogen) atoms. The molecule has 1 aliphatic heterocycles. The van der Waals surface area contributed by atoms with Gasteiger partial charge in [-0.2, -0.15) is 0 Å². The van der Waals surface area contributed by atoms with Crippen LogP contribution < -0.4 is 15.9 Å². The van der Waals surface area contributed by atoms with Gasteiger partial charge in [-0.3, -0.25) is 0 Å². The number of fused-ring (bicyclic) bond motifs is 7. The van der Waals surface area contributed by atoms with Crippen LogP contribution in [0.4, 0.5) is 0 Å². The molecular formula is C46H30N3OP. The van der Waals surface area contributed by atoms with Crippen LogP contribution in [0.3, 0.4) is 0 Å². The first-order valence-corrected chi connectivity index (χ1v) is 18.8. The summed E-state index contributed by atoms with van der Waals surface area (Å²) in [5.41, 5.74) is 9.99. The molecule has 0 radical (unpaired) electrons. The van der Waals surface area contributed by atoms with Crippen molar-refractivity contribution in [3.63, 3.8) is 0 Å². The Morgan fingerprint density at radius 1 is 0.471 bits per heavy atom. The van der Waals surface area contributed by atoms with E-state index in [1.165, 1.54) is 0 Å². The minimum atomic E-state index is -3.17. The Hall–Kier alpha value is -6.35. The summed E-state index contributed by atoms with van der Waals surface area (Å²) in [5, 5.41) is 4.84. The molecule has 0 spiro atoms. The fourth-order valence-electron chi connectivity index (χ4n) is 7.72. The number of hydrogen-bond acceptors (Lipinski definition) is 3. The maximum absolute atomic E-state index is 15.7. The summed E-state index contributed by atoms with van der Waals surface area (Å²) in [6.45, 7) is 0. The average molecular weight is 672 g/mol. The van der Waals surface area contributed by atoms with Crippen LogP contribution in [0.2, 0.25) is 0 Å². The summed E-state index contributed by atoms with van der Waals surface area (Å²) in [4.78, 5) is 10.0. The third kappa shape index (κ3) is 4.58. The van der Waals surface area contributed by atoms with Gasteiger partial charge >= 0.3 is 0 Å². The number of nitrogens with zero attached hydrogens (tertiary/aromatic N) is 3. The van der Waals surface area contributed by atoms with Gasteiger partial charge in [0.1, 0.15) is 0 Å². The largest absolute Gasteiger partial charge is 0.309 e. The molecule has 240 valence electrons. The highest BCUT2D eigenvalue weighted by atomic mass is 31.2. The molecule has 5 heteroatoms. The van der Waals surface area contributed by atoms with Gasteiger partial charge in [-0.15, -0.1) is 0 Å². The zero-order valence-corrected chi connectivity index (χ0v) is 28.4. The van der Waals surface area contributed by atoms with E-state index < -0.39 is 7.14 Å². The lowest BCUT2D eigenvalue weighted by molar-refractivity contribution is 0.593. The van der Waals surface area contributed by atoms with Gasteiger partial charge in [0, 0.05) is 49.1 Å². The first-order valence-electron chi connectivity index (χ1n) is 17.1. The number of para-hydroxylation sites is 1. The van der Waals surface area contributed by atoms with Gasteiger partial charge in [0.2, 0.25) is 0 Å². The molecule has 1 unspecified atom stereocenters. The molecule has 0 amide bonds. The lowest BCUT2D eigenvalue weighted by Crippen LogP contribution is -2.21. The van der Waals surface area contributed by atoms with E-state index in [9.17, 15) is 0 Å². The van der Waals surface area contributed by atoms with Crippen LogP contribution in [0.15, 0.2) is 182 Å². The van der Waals surface area contributed by atoms with Gasteiger partial charge in [0.15, 0.2) is 13.0 Å². The number of benzene rings is 7. The molecule has 4 nitrogen and oxygen atoms in total.